The van der Waals surface area contributed by atoms with Crippen molar-refractivity contribution in [2.24, 2.45) is 5.10 Å². The first-order valence-electron chi connectivity index (χ1n) is 3.78. The fraction of sp³-hybridized carbons (Fsp3) is 0. The van der Waals surface area contributed by atoms with Gasteiger partial charge >= 0.3 is 4.74 Å². The van der Waals surface area contributed by atoms with E-state index < -0.39 is 9.67 Å². The smallest absolute Gasteiger partial charge is 0.357 e. The molecular formula is C8H5BrN4O2. The lowest BCUT2D eigenvalue weighted by atomic mass is 10.2. The highest BCUT2D eigenvalue weighted by atomic mass is 79.9. The SMILES string of the molecule is N#Cc1ccccc1N/N=C(\Br)[N+](=O)[O-]. The minimum atomic E-state index is -0.692. The molecule has 0 aliphatic carbocycles. The molecule has 1 N–H and O–H groups in total. The molecule has 1 aromatic rings. The zero-order valence-corrected chi connectivity index (χ0v) is 8.93. The van der Waals surface area contributed by atoms with Gasteiger partial charge in [0.2, 0.25) is 0 Å². The molecule has 0 aromatic heterocycles. The summed E-state index contributed by atoms with van der Waals surface area (Å²) in [6.07, 6.45) is 0. The number of hydrogen-bond donors (Lipinski definition) is 1. The maximum Gasteiger partial charge on any atom is 0.430 e. The van der Waals surface area contributed by atoms with Crippen LogP contribution in [0.1, 0.15) is 5.56 Å². The molecule has 0 fully saturated rings. The van der Waals surface area contributed by atoms with E-state index in [1.807, 2.05) is 6.07 Å². The molecule has 0 aliphatic rings. The van der Waals surface area contributed by atoms with Crippen molar-refractivity contribution in [3.05, 3.63) is 39.9 Å². The molecule has 0 atom stereocenters. The Morgan fingerprint density at radius 1 is 1.60 bits per heavy atom. The molecular weight excluding hydrogens is 264 g/mol. The number of nitriles is 1. The number of hydrazone groups is 1. The second-order valence-corrected chi connectivity index (χ2v) is 3.12. The van der Waals surface area contributed by atoms with Gasteiger partial charge in [0.1, 0.15) is 6.07 Å². The average Bonchev–Trinajstić information content (AvgIpc) is 2.26. The van der Waals surface area contributed by atoms with Crippen molar-refractivity contribution in [2.75, 3.05) is 5.43 Å². The van der Waals surface area contributed by atoms with Crippen LogP contribution in [-0.2, 0) is 0 Å². The van der Waals surface area contributed by atoms with Crippen LogP contribution in [0.5, 0.6) is 0 Å². The van der Waals surface area contributed by atoms with Crippen LogP contribution in [0.4, 0.5) is 5.69 Å². The standard InChI is InChI=1S/C8H5BrN4O2/c9-8(13(14)15)12-11-7-4-2-1-3-6(7)5-10/h1-4,11H/b12-8+. The number of hydrogen-bond acceptors (Lipinski definition) is 5. The summed E-state index contributed by atoms with van der Waals surface area (Å²) in [6, 6.07) is 8.50. The van der Waals surface area contributed by atoms with Crippen molar-refractivity contribution < 1.29 is 4.92 Å². The number of nitrogens with one attached hydrogen (secondary N) is 1. The number of para-hydroxylation sites is 1. The van der Waals surface area contributed by atoms with Crippen molar-refractivity contribution >= 4 is 26.4 Å². The Balaban J connectivity index is 2.87. The number of benzene rings is 1. The Bertz CT molecular complexity index is 452. The number of nitro groups is 1. The monoisotopic (exact) mass is 268 g/mol. The molecule has 0 saturated heterocycles. The van der Waals surface area contributed by atoms with Crippen molar-refractivity contribution in [3.63, 3.8) is 0 Å². The summed E-state index contributed by atoms with van der Waals surface area (Å²) in [5, 5.41) is 22.3. The average molecular weight is 269 g/mol. The summed E-state index contributed by atoms with van der Waals surface area (Å²) in [6.45, 7) is 0. The van der Waals surface area contributed by atoms with Gasteiger partial charge in [0.05, 0.1) is 32.3 Å². The Labute approximate surface area is 93.5 Å². The number of anilines is 1. The van der Waals surface area contributed by atoms with E-state index in [9.17, 15) is 10.1 Å². The van der Waals surface area contributed by atoms with Crippen molar-refractivity contribution in [2.45, 2.75) is 0 Å². The first-order valence-corrected chi connectivity index (χ1v) is 4.57. The fourth-order valence-electron chi connectivity index (χ4n) is 0.825. The molecule has 0 amide bonds. The Morgan fingerprint density at radius 3 is 2.87 bits per heavy atom. The topological polar surface area (TPSA) is 91.3 Å². The summed E-state index contributed by atoms with van der Waals surface area (Å²) < 4.78 is -0.449. The predicted molar refractivity (Wildman–Crippen MR) is 58.1 cm³/mol. The maximum atomic E-state index is 10.2. The van der Waals surface area contributed by atoms with Crippen LogP contribution in [0.25, 0.3) is 0 Å². The Hall–Kier alpha value is -1.94. The van der Waals surface area contributed by atoms with Crippen LogP contribution < -0.4 is 5.43 Å². The van der Waals surface area contributed by atoms with Gasteiger partial charge in [0.25, 0.3) is 0 Å². The van der Waals surface area contributed by atoms with Gasteiger partial charge in [-0.05, 0) is 17.1 Å². The summed E-state index contributed by atoms with van der Waals surface area (Å²) in [7, 11) is 0. The first-order chi connectivity index (χ1) is 7.15. The lowest BCUT2D eigenvalue weighted by Gasteiger charge is -1.97. The van der Waals surface area contributed by atoms with E-state index in [1.165, 1.54) is 0 Å². The lowest BCUT2D eigenvalue weighted by Crippen LogP contribution is -2.06. The van der Waals surface area contributed by atoms with Crippen LogP contribution in [0.2, 0.25) is 0 Å². The number of halogens is 1. The number of nitrogens with zero attached hydrogens (tertiary/aromatic N) is 3. The fourth-order valence-corrected chi connectivity index (χ4v) is 0.914. The van der Waals surface area contributed by atoms with E-state index in [0.717, 1.165) is 0 Å². The normalized spacial score (nSPS) is 10.5. The van der Waals surface area contributed by atoms with E-state index in [2.05, 4.69) is 26.5 Å². The molecule has 1 aromatic carbocycles. The molecule has 0 spiro atoms. The third-order valence-corrected chi connectivity index (χ3v) is 1.93. The van der Waals surface area contributed by atoms with Gasteiger partial charge in [-0.15, -0.1) is 0 Å². The summed E-state index contributed by atoms with van der Waals surface area (Å²) in [5.41, 5.74) is 3.20. The highest BCUT2D eigenvalue weighted by molar-refractivity contribution is 9.18. The van der Waals surface area contributed by atoms with Crippen LogP contribution in [0, 0.1) is 21.4 Å². The maximum absolute atomic E-state index is 10.2. The van der Waals surface area contributed by atoms with E-state index in [0.29, 0.717) is 11.3 Å². The summed E-state index contributed by atoms with van der Waals surface area (Å²) >= 11 is 2.65. The Kier molecular flexibility index (Phi) is 3.76. The van der Waals surface area contributed by atoms with Crippen LogP contribution in [0.15, 0.2) is 29.4 Å². The molecule has 0 radical (unpaired) electrons. The Morgan fingerprint density at radius 2 is 2.27 bits per heavy atom. The molecule has 0 unspecified atom stereocenters. The van der Waals surface area contributed by atoms with Gasteiger partial charge in [-0.25, -0.2) is 0 Å². The number of rotatable bonds is 2. The third-order valence-electron chi connectivity index (χ3n) is 1.47. The first kappa shape index (κ1) is 11.1. The molecule has 76 valence electrons. The highest BCUT2D eigenvalue weighted by Gasteiger charge is 2.07. The predicted octanol–water partition coefficient (Wildman–Crippen LogP) is 1.91. The number of amidine groups is 1. The molecule has 7 heteroatoms. The van der Waals surface area contributed by atoms with Gasteiger partial charge in [-0.1, -0.05) is 12.1 Å². The molecule has 0 bridgehead atoms. The van der Waals surface area contributed by atoms with Crippen molar-refractivity contribution in [1.29, 1.82) is 5.26 Å². The highest BCUT2D eigenvalue weighted by Crippen LogP contribution is 2.13. The zero-order chi connectivity index (χ0) is 11.3. The third kappa shape index (κ3) is 3.03. The quantitative estimate of drug-likeness (QED) is 0.292. The van der Waals surface area contributed by atoms with Gasteiger partial charge in [-0.3, -0.25) is 0 Å². The molecule has 15 heavy (non-hydrogen) atoms. The minimum Gasteiger partial charge on any atom is -0.357 e. The largest absolute Gasteiger partial charge is 0.430 e. The minimum absolute atomic E-state index is 0.366. The van der Waals surface area contributed by atoms with E-state index in [-0.39, 0.29) is 0 Å². The van der Waals surface area contributed by atoms with E-state index in [1.54, 1.807) is 24.3 Å². The summed E-state index contributed by atoms with van der Waals surface area (Å²) in [5.74, 6) is 0. The van der Waals surface area contributed by atoms with Gasteiger partial charge in [0, 0.05) is 0 Å². The van der Waals surface area contributed by atoms with E-state index in [4.69, 9.17) is 5.26 Å². The lowest BCUT2D eigenvalue weighted by molar-refractivity contribution is -0.342. The zero-order valence-electron chi connectivity index (χ0n) is 7.35. The molecule has 1 rings (SSSR count). The van der Waals surface area contributed by atoms with E-state index >= 15 is 0 Å². The van der Waals surface area contributed by atoms with Crippen LogP contribution in [-0.4, -0.2) is 9.67 Å². The molecule has 0 heterocycles. The van der Waals surface area contributed by atoms with Crippen LogP contribution in [0.3, 0.4) is 0 Å². The molecule has 0 aliphatic heterocycles. The second-order valence-electron chi connectivity index (χ2n) is 2.41. The molecule has 0 saturated carbocycles. The van der Waals surface area contributed by atoms with Crippen molar-refractivity contribution in [3.8, 4) is 6.07 Å². The molecule has 6 nitrogen and oxygen atoms in total. The second kappa shape index (κ2) is 5.07. The van der Waals surface area contributed by atoms with Crippen LogP contribution >= 0.6 is 15.9 Å². The summed E-state index contributed by atoms with van der Waals surface area (Å²) in [4.78, 5) is 9.51. The van der Waals surface area contributed by atoms with Gasteiger partial charge < -0.3 is 10.1 Å². The van der Waals surface area contributed by atoms with Crippen molar-refractivity contribution in [1.82, 2.24) is 0 Å². The van der Waals surface area contributed by atoms with Gasteiger partial charge in [-0.2, -0.15) is 10.7 Å². The van der Waals surface area contributed by atoms with Gasteiger partial charge in [0.15, 0.2) is 0 Å².